The zero-order chi connectivity index (χ0) is 26.8. The van der Waals surface area contributed by atoms with Crippen LogP contribution in [0.5, 0.6) is 0 Å². The van der Waals surface area contributed by atoms with Gasteiger partial charge in [0.1, 0.15) is 23.7 Å². The Hall–Kier alpha value is -3.48. The van der Waals surface area contributed by atoms with Crippen LogP contribution in [0.15, 0.2) is 36.4 Å². The number of ether oxygens (including phenoxy) is 1. The lowest BCUT2D eigenvalue weighted by Gasteiger charge is -2.36. The van der Waals surface area contributed by atoms with E-state index in [9.17, 15) is 23.2 Å². The van der Waals surface area contributed by atoms with Crippen LogP contribution in [0.1, 0.15) is 46.8 Å². The van der Waals surface area contributed by atoms with E-state index in [2.05, 4.69) is 17.2 Å². The summed E-state index contributed by atoms with van der Waals surface area (Å²) in [5, 5.41) is 2.50. The average molecular weight is 540 g/mol. The molecule has 0 unspecified atom stereocenters. The minimum atomic E-state index is -0.876. The molecule has 1 saturated carbocycles. The summed E-state index contributed by atoms with van der Waals surface area (Å²) < 4.78 is 34.3. The number of carbonyl (C=O) groups is 3. The summed E-state index contributed by atoms with van der Waals surface area (Å²) in [6.45, 7) is 0.537. The second-order valence-electron chi connectivity index (χ2n) is 10.4. The van der Waals surface area contributed by atoms with Gasteiger partial charge in [-0.3, -0.25) is 14.4 Å². The molecule has 6 rings (SSSR count). The summed E-state index contributed by atoms with van der Waals surface area (Å²) >= 11 is 5.73. The molecule has 2 aromatic carbocycles. The van der Waals surface area contributed by atoms with E-state index in [0.717, 1.165) is 12.1 Å². The Morgan fingerprint density at radius 1 is 1.13 bits per heavy atom. The van der Waals surface area contributed by atoms with Gasteiger partial charge in [-0.1, -0.05) is 35.6 Å². The fourth-order valence-corrected chi connectivity index (χ4v) is 5.75. The van der Waals surface area contributed by atoms with Gasteiger partial charge in [0, 0.05) is 17.0 Å². The molecule has 4 aliphatic rings. The molecule has 0 aromatic heterocycles. The van der Waals surface area contributed by atoms with Crippen LogP contribution in [0.3, 0.4) is 0 Å². The number of amides is 3. The molecular weight excluding hydrogens is 516 g/mol. The molecule has 7 nitrogen and oxygen atoms in total. The van der Waals surface area contributed by atoms with E-state index < -0.39 is 47.0 Å². The van der Waals surface area contributed by atoms with Gasteiger partial charge >= 0.3 is 0 Å². The minimum Gasteiger partial charge on any atom is -0.381 e. The average Bonchev–Trinajstić information content (AvgIpc) is 3.61. The fraction of sp³-hybridized carbons (Fsp3) is 0.393. The van der Waals surface area contributed by atoms with Gasteiger partial charge in [-0.15, -0.1) is 0 Å². The highest BCUT2D eigenvalue weighted by atomic mass is 35.5. The molecule has 3 fully saturated rings. The van der Waals surface area contributed by atoms with Crippen LogP contribution >= 0.6 is 11.6 Å². The molecule has 0 bridgehead atoms. The zero-order valence-corrected chi connectivity index (χ0v) is 20.9. The van der Waals surface area contributed by atoms with Crippen molar-refractivity contribution >= 4 is 29.3 Å². The van der Waals surface area contributed by atoms with Crippen molar-refractivity contribution in [1.82, 2.24) is 10.2 Å². The third-order valence-corrected chi connectivity index (χ3v) is 8.43. The fourth-order valence-electron chi connectivity index (χ4n) is 5.60. The van der Waals surface area contributed by atoms with E-state index in [1.165, 1.54) is 4.90 Å². The van der Waals surface area contributed by atoms with Crippen molar-refractivity contribution in [3.05, 3.63) is 69.7 Å². The second kappa shape index (κ2) is 9.07. The number of likely N-dealkylation sites (tertiary alicyclic amines) is 1. The Kier molecular flexibility index (Phi) is 5.93. The summed E-state index contributed by atoms with van der Waals surface area (Å²) in [4.78, 5) is 40.8. The van der Waals surface area contributed by atoms with Gasteiger partial charge in [-0.2, -0.15) is 0 Å². The predicted molar refractivity (Wildman–Crippen MR) is 133 cm³/mol. The molecule has 4 atom stereocenters. The van der Waals surface area contributed by atoms with E-state index in [-0.39, 0.29) is 41.5 Å². The predicted octanol–water partition coefficient (Wildman–Crippen LogP) is 2.86. The van der Waals surface area contributed by atoms with Gasteiger partial charge in [0.25, 0.3) is 5.91 Å². The molecule has 3 amide bonds. The van der Waals surface area contributed by atoms with Crippen molar-refractivity contribution in [3.63, 3.8) is 0 Å². The van der Waals surface area contributed by atoms with Crippen LogP contribution in [-0.2, 0) is 19.7 Å². The third kappa shape index (κ3) is 3.94. The molecule has 2 saturated heterocycles. The Morgan fingerprint density at radius 2 is 1.89 bits per heavy atom. The van der Waals surface area contributed by atoms with Gasteiger partial charge < -0.3 is 20.7 Å². The molecular formula is C28H24ClF2N3O4. The number of nitrogens with one attached hydrogen (secondary N) is 1. The Labute approximate surface area is 222 Å². The van der Waals surface area contributed by atoms with Crippen LogP contribution < -0.4 is 11.1 Å². The van der Waals surface area contributed by atoms with Crippen LogP contribution in [0.2, 0.25) is 5.02 Å². The first-order chi connectivity index (χ1) is 18.2. The molecule has 2 aromatic rings. The molecule has 10 heteroatoms. The van der Waals surface area contributed by atoms with Crippen molar-refractivity contribution in [2.24, 2.45) is 17.6 Å². The number of hydrogen-bond acceptors (Lipinski definition) is 4. The highest BCUT2D eigenvalue weighted by molar-refractivity contribution is 6.30. The normalized spacial score (nSPS) is 25.2. The van der Waals surface area contributed by atoms with Crippen molar-refractivity contribution in [1.29, 1.82) is 0 Å². The maximum atomic E-state index is 14.8. The maximum absolute atomic E-state index is 14.8. The number of halogens is 3. The number of primary amides is 1. The van der Waals surface area contributed by atoms with E-state index in [0.29, 0.717) is 30.4 Å². The number of fused-ring (bicyclic) bond motifs is 1. The van der Waals surface area contributed by atoms with Crippen molar-refractivity contribution in [2.45, 2.75) is 42.8 Å². The minimum absolute atomic E-state index is 0.0301. The van der Waals surface area contributed by atoms with Gasteiger partial charge in [0.15, 0.2) is 0 Å². The van der Waals surface area contributed by atoms with Gasteiger partial charge in [-0.05, 0) is 49.1 Å². The maximum Gasteiger partial charge on any atom is 0.255 e. The lowest BCUT2D eigenvalue weighted by Crippen LogP contribution is -2.52. The van der Waals surface area contributed by atoms with E-state index >= 15 is 0 Å². The number of nitrogens with two attached hydrogens (primary N) is 1. The lowest BCUT2D eigenvalue weighted by atomic mass is 9.90. The first-order valence-electron chi connectivity index (χ1n) is 12.5. The number of carbonyl (C=O) groups excluding carboxylic acids is 3. The summed E-state index contributed by atoms with van der Waals surface area (Å²) in [7, 11) is 0. The molecule has 0 spiro atoms. The quantitative estimate of drug-likeness (QED) is 0.417. The second-order valence-corrected chi connectivity index (χ2v) is 10.8. The molecule has 0 radical (unpaired) electrons. The highest BCUT2D eigenvalue weighted by Gasteiger charge is 2.52. The topological polar surface area (TPSA) is 102 Å². The molecule has 196 valence electrons. The van der Waals surface area contributed by atoms with Crippen molar-refractivity contribution in [3.8, 4) is 11.8 Å². The van der Waals surface area contributed by atoms with Gasteiger partial charge in [0.05, 0.1) is 35.6 Å². The molecule has 2 aliphatic carbocycles. The lowest BCUT2D eigenvalue weighted by molar-refractivity contribution is -0.128. The largest absolute Gasteiger partial charge is 0.381 e. The first-order valence-corrected chi connectivity index (χ1v) is 12.8. The Morgan fingerprint density at radius 3 is 2.50 bits per heavy atom. The number of rotatable bonds is 7. The van der Waals surface area contributed by atoms with Crippen LogP contribution in [0.25, 0.3) is 0 Å². The third-order valence-electron chi connectivity index (χ3n) is 8.14. The summed E-state index contributed by atoms with van der Waals surface area (Å²) in [5.74, 6) is 2.72. The van der Waals surface area contributed by atoms with Crippen molar-refractivity contribution in [2.75, 3.05) is 13.2 Å². The smallest absolute Gasteiger partial charge is 0.255 e. The monoisotopic (exact) mass is 539 g/mol. The van der Waals surface area contributed by atoms with Crippen LogP contribution in [0, 0.1) is 35.3 Å². The van der Waals surface area contributed by atoms with Crippen molar-refractivity contribution < 1.29 is 27.9 Å². The van der Waals surface area contributed by atoms with Gasteiger partial charge in [-0.25, -0.2) is 8.78 Å². The van der Waals surface area contributed by atoms with E-state index in [4.69, 9.17) is 22.1 Å². The number of benzene rings is 2. The number of nitrogens with zero attached hydrogens (tertiary/aromatic N) is 1. The van der Waals surface area contributed by atoms with Crippen LogP contribution in [0.4, 0.5) is 8.78 Å². The highest BCUT2D eigenvalue weighted by Crippen LogP contribution is 2.48. The first kappa shape index (κ1) is 24.8. The molecule has 3 N–H and O–H groups in total. The molecule has 38 heavy (non-hydrogen) atoms. The zero-order valence-electron chi connectivity index (χ0n) is 20.2. The van der Waals surface area contributed by atoms with E-state index in [1.807, 2.05) is 0 Å². The summed E-state index contributed by atoms with van der Waals surface area (Å²) in [6.07, 6.45) is 1.57. The summed E-state index contributed by atoms with van der Waals surface area (Å²) in [5.41, 5.74) is 5.84. The van der Waals surface area contributed by atoms with E-state index in [1.54, 1.807) is 24.3 Å². The van der Waals surface area contributed by atoms with Crippen LogP contribution in [-0.4, -0.2) is 47.9 Å². The Balaban J connectivity index is 1.27. The van der Waals surface area contributed by atoms with Gasteiger partial charge in [0.2, 0.25) is 11.8 Å². The number of hydrogen-bond donors (Lipinski definition) is 2. The summed E-state index contributed by atoms with van der Waals surface area (Å²) in [6, 6.07) is 6.48. The standard InChI is InChI=1S/C28H24ClF2N3O4/c29-19-11-20(30)18(10-21(19)31)24(16-12-38-13-16)33-25(35)23-9-14-4-5-22(14)34(23)26(36)15-2-1-3-17(8-15)28(6-7-28)27(32)37/h1-3,8,10-11,14,16,22-24H,6-7,9,12-13H2,(H2,32,37)(H,33,35)/t14-,22-,23-,24-/m1/s1. The SMILES string of the molecule is NC(=O)C1(c2cccc(C(=O)N3[C@@H](C(=O)N[C@@H](c4cc(F)c(Cl)cc4F)C4COC4)C[C@H]4C#C[C@H]43)c2)CC1. The molecule has 2 heterocycles. The Bertz CT molecular complexity index is 1430. The molecule has 2 aliphatic heterocycles.